The Labute approximate surface area is 137 Å². The Morgan fingerprint density at radius 3 is 2.26 bits per heavy atom. The third-order valence-electron chi connectivity index (χ3n) is 2.71. The molecule has 0 spiro atoms. The molecular formula is C18H25F2N3. The van der Waals surface area contributed by atoms with Crippen LogP contribution in [-0.4, -0.2) is 15.8 Å². The van der Waals surface area contributed by atoms with E-state index in [1.165, 1.54) is 6.07 Å². The van der Waals surface area contributed by atoms with Gasteiger partial charge in [0, 0.05) is 18.8 Å². The first-order valence-electron chi connectivity index (χ1n) is 7.68. The minimum atomic E-state index is -0.894. The zero-order chi connectivity index (χ0) is 18.0. The van der Waals surface area contributed by atoms with Crippen molar-refractivity contribution >= 4 is 12.0 Å². The van der Waals surface area contributed by atoms with Crippen molar-refractivity contribution in [2.24, 2.45) is 12.0 Å². The maximum atomic E-state index is 13.3. The van der Waals surface area contributed by atoms with E-state index in [0.29, 0.717) is 22.9 Å². The zero-order valence-corrected chi connectivity index (χ0v) is 14.7. The van der Waals surface area contributed by atoms with E-state index in [4.69, 9.17) is 0 Å². The molecule has 2 rings (SSSR count). The summed E-state index contributed by atoms with van der Waals surface area (Å²) in [6.45, 7) is 13.4. The molecule has 2 aromatic rings. The van der Waals surface area contributed by atoms with Crippen LogP contribution in [-0.2, 0) is 7.05 Å². The second-order valence-corrected chi connectivity index (χ2v) is 4.05. The largest absolute Gasteiger partial charge is 0.312 e. The molecule has 0 saturated carbocycles. The van der Waals surface area contributed by atoms with Crippen molar-refractivity contribution in [1.29, 1.82) is 0 Å². The van der Waals surface area contributed by atoms with Crippen LogP contribution in [0.15, 0.2) is 35.8 Å². The fourth-order valence-electron chi connectivity index (χ4n) is 1.82. The quantitative estimate of drug-likeness (QED) is 0.675. The van der Waals surface area contributed by atoms with Gasteiger partial charge in [-0.2, -0.15) is 0 Å². The topological polar surface area (TPSA) is 30.2 Å². The molecule has 1 aromatic carbocycles. The van der Waals surface area contributed by atoms with Gasteiger partial charge in [0.05, 0.1) is 5.69 Å². The van der Waals surface area contributed by atoms with Crippen LogP contribution in [0, 0.1) is 18.6 Å². The number of halogens is 2. The second-order valence-electron chi connectivity index (χ2n) is 4.05. The third kappa shape index (κ3) is 5.13. The Bertz CT molecular complexity index is 659. The number of hydrogen-bond acceptors (Lipinski definition) is 2. The van der Waals surface area contributed by atoms with Gasteiger partial charge in [0.25, 0.3) is 0 Å². The fourth-order valence-corrected chi connectivity index (χ4v) is 1.82. The van der Waals surface area contributed by atoms with Crippen LogP contribution in [0.1, 0.15) is 33.4 Å². The van der Waals surface area contributed by atoms with Crippen LogP contribution >= 0.6 is 0 Å². The molecular weight excluding hydrogens is 296 g/mol. The van der Waals surface area contributed by atoms with Gasteiger partial charge in [0.1, 0.15) is 5.82 Å². The number of hydrogen-bond donors (Lipinski definition) is 0. The van der Waals surface area contributed by atoms with Gasteiger partial charge in [-0.15, -0.1) is 0 Å². The monoisotopic (exact) mass is 321 g/mol. The van der Waals surface area contributed by atoms with Gasteiger partial charge >= 0.3 is 0 Å². The first-order chi connectivity index (χ1) is 11.0. The van der Waals surface area contributed by atoms with Gasteiger partial charge < -0.3 is 4.57 Å². The summed E-state index contributed by atoms with van der Waals surface area (Å²) < 4.78 is 27.9. The van der Waals surface area contributed by atoms with Crippen molar-refractivity contribution in [3.8, 4) is 11.4 Å². The van der Waals surface area contributed by atoms with Gasteiger partial charge in [-0.3, -0.25) is 0 Å². The molecule has 126 valence electrons. The molecule has 0 radical (unpaired) electrons. The van der Waals surface area contributed by atoms with E-state index >= 15 is 0 Å². The number of nitrogens with zero attached hydrogens (tertiary/aromatic N) is 3. The van der Waals surface area contributed by atoms with Gasteiger partial charge in [-0.1, -0.05) is 40.3 Å². The minimum absolute atomic E-state index is 0.504. The Morgan fingerprint density at radius 1 is 1.13 bits per heavy atom. The van der Waals surface area contributed by atoms with E-state index < -0.39 is 11.6 Å². The van der Waals surface area contributed by atoms with E-state index in [1.807, 2.05) is 27.7 Å². The van der Waals surface area contributed by atoms with E-state index in [0.717, 1.165) is 12.1 Å². The fraction of sp³-hybridized carbons (Fsp3) is 0.333. The highest BCUT2D eigenvalue weighted by Gasteiger charge is 2.13. The molecule has 0 N–H and O–H groups in total. The van der Waals surface area contributed by atoms with Crippen molar-refractivity contribution in [3.63, 3.8) is 0 Å². The highest BCUT2D eigenvalue weighted by Crippen LogP contribution is 2.27. The number of allylic oxidation sites excluding steroid dienone is 1. The summed E-state index contributed by atoms with van der Waals surface area (Å²) in [4.78, 5) is 8.53. The van der Waals surface area contributed by atoms with Crippen LogP contribution in [0.4, 0.5) is 14.6 Å². The van der Waals surface area contributed by atoms with Crippen molar-refractivity contribution < 1.29 is 8.78 Å². The van der Waals surface area contributed by atoms with Crippen LogP contribution in [0.5, 0.6) is 0 Å². The maximum Gasteiger partial charge on any atom is 0.159 e. The van der Waals surface area contributed by atoms with E-state index in [9.17, 15) is 8.78 Å². The summed E-state index contributed by atoms with van der Waals surface area (Å²) in [5, 5.41) is 0. The molecule has 0 amide bonds. The lowest BCUT2D eigenvalue weighted by Gasteiger charge is -2.03. The Morgan fingerprint density at radius 2 is 1.74 bits per heavy atom. The van der Waals surface area contributed by atoms with Gasteiger partial charge in [0.2, 0.25) is 0 Å². The van der Waals surface area contributed by atoms with E-state index in [-0.39, 0.29) is 0 Å². The van der Waals surface area contributed by atoms with Crippen molar-refractivity contribution in [1.82, 2.24) is 9.55 Å². The summed E-state index contributed by atoms with van der Waals surface area (Å²) in [7, 11) is 1.77. The summed E-state index contributed by atoms with van der Waals surface area (Å²) in [5.41, 5.74) is 1.21. The summed E-state index contributed by atoms with van der Waals surface area (Å²) in [6, 6.07) is 3.70. The number of aliphatic imine (C=N–C) groups is 1. The summed E-state index contributed by atoms with van der Waals surface area (Å²) in [5.74, 6) is -0.582. The lowest BCUT2D eigenvalue weighted by Crippen LogP contribution is -1.94. The molecule has 0 atom stereocenters. The van der Waals surface area contributed by atoms with E-state index in [2.05, 4.69) is 16.6 Å². The molecule has 0 fully saturated rings. The van der Waals surface area contributed by atoms with Gasteiger partial charge in [-0.05, 0) is 25.1 Å². The first kappa shape index (κ1) is 20.7. The standard InChI is InChI=1S/C14H13F2N3.2C2H6/c1-4-7-17-13-9(2)18-14(19(13)3)10-5-6-11(15)12(16)8-10;2*1-2/h4-8H,1H2,2-3H3;2*1-2H3/b17-7-;;. The molecule has 23 heavy (non-hydrogen) atoms. The number of benzene rings is 1. The number of imidazole rings is 1. The number of aryl methyl sites for hydroxylation is 1. The smallest absolute Gasteiger partial charge is 0.159 e. The molecule has 0 saturated heterocycles. The van der Waals surface area contributed by atoms with Crippen LogP contribution < -0.4 is 0 Å². The van der Waals surface area contributed by atoms with Crippen LogP contribution in [0.25, 0.3) is 11.4 Å². The second kappa shape index (κ2) is 10.4. The number of aromatic nitrogens is 2. The lowest BCUT2D eigenvalue weighted by atomic mass is 10.2. The molecule has 0 aliphatic carbocycles. The predicted octanol–water partition coefficient (Wildman–Crippen LogP) is 5.61. The number of rotatable bonds is 3. The summed E-state index contributed by atoms with van der Waals surface area (Å²) >= 11 is 0. The normalized spacial score (nSPS) is 9.74. The summed E-state index contributed by atoms with van der Waals surface area (Å²) in [6.07, 6.45) is 3.11. The average Bonchev–Trinajstić information content (AvgIpc) is 2.86. The Balaban J connectivity index is 0.00000112. The molecule has 3 nitrogen and oxygen atoms in total. The predicted molar refractivity (Wildman–Crippen MR) is 94.3 cm³/mol. The molecule has 1 heterocycles. The van der Waals surface area contributed by atoms with Gasteiger partial charge in [-0.25, -0.2) is 18.8 Å². The molecule has 1 aromatic heterocycles. The average molecular weight is 321 g/mol. The lowest BCUT2D eigenvalue weighted by molar-refractivity contribution is 0.509. The third-order valence-corrected chi connectivity index (χ3v) is 2.71. The zero-order valence-electron chi connectivity index (χ0n) is 14.7. The van der Waals surface area contributed by atoms with Crippen molar-refractivity contribution in [2.75, 3.05) is 0 Å². The first-order valence-corrected chi connectivity index (χ1v) is 7.68. The minimum Gasteiger partial charge on any atom is -0.312 e. The Hall–Kier alpha value is -2.30. The molecule has 0 unspecified atom stereocenters. The van der Waals surface area contributed by atoms with Gasteiger partial charge in [0.15, 0.2) is 17.5 Å². The molecule has 5 heteroatoms. The molecule has 0 bridgehead atoms. The van der Waals surface area contributed by atoms with Crippen molar-refractivity contribution in [2.45, 2.75) is 34.6 Å². The maximum absolute atomic E-state index is 13.3. The molecule has 0 aliphatic heterocycles. The van der Waals surface area contributed by atoms with Crippen molar-refractivity contribution in [3.05, 3.63) is 48.2 Å². The highest BCUT2D eigenvalue weighted by molar-refractivity contribution is 5.74. The molecule has 0 aliphatic rings. The Kier molecular flexibility index (Phi) is 9.39. The highest BCUT2D eigenvalue weighted by atomic mass is 19.2. The van der Waals surface area contributed by atoms with Crippen LogP contribution in [0.2, 0.25) is 0 Å². The SMILES string of the molecule is C=C/C=N\c1c(C)nc(-c2ccc(F)c(F)c2)n1C.CC.CC. The van der Waals surface area contributed by atoms with E-state index in [1.54, 1.807) is 30.8 Å². The van der Waals surface area contributed by atoms with Crippen LogP contribution in [0.3, 0.4) is 0 Å².